The van der Waals surface area contributed by atoms with E-state index in [0.29, 0.717) is 41.8 Å². The van der Waals surface area contributed by atoms with Crippen molar-refractivity contribution in [2.24, 2.45) is 11.8 Å². The van der Waals surface area contributed by atoms with E-state index in [1.54, 1.807) is 19.5 Å². The number of ether oxygens (including phenoxy) is 1. The van der Waals surface area contributed by atoms with Crippen LogP contribution in [0.1, 0.15) is 19.3 Å². The van der Waals surface area contributed by atoms with Crippen molar-refractivity contribution in [2.75, 3.05) is 41.9 Å². The first-order chi connectivity index (χ1) is 16.6. The fourth-order valence-corrected chi connectivity index (χ4v) is 5.53. The van der Waals surface area contributed by atoms with Gasteiger partial charge in [-0.3, -0.25) is 0 Å². The van der Waals surface area contributed by atoms with Crippen LogP contribution in [0.3, 0.4) is 0 Å². The van der Waals surface area contributed by atoms with Crippen LogP contribution >= 0.6 is 0 Å². The lowest BCUT2D eigenvalue weighted by molar-refractivity contribution is 0.372. The van der Waals surface area contributed by atoms with Crippen molar-refractivity contribution in [2.45, 2.75) is 31.8 Å². The van der Waals surface area contributed by atoms with Gasteiger partial charge in [-0.15, -0.1) is 5.10 Å². The summed E-state index contributed by atoms with van der Waals surface area (Å²) < 4.78 is 34.4. The maximum Gasteiger partial charge on any atom is 0.244 e. The molecular formula is C23H26F2N8O. The van der Waals surface area contributed by atoms with Gasteiger partial charge in [0.2, 0.25) is 17.8 Å². The summed E-state index contributed by atoms with van der Waals surface area (Å²) in [4.78, 5) is 17.5. The van der Waals surface area contributed by atoms with Crippen molar-refractivity contribution < 1.29 is 13.5 Å². The SMILES string of the molecule is COc1cc(N2C[C@H]3CC[C@@H](C2)[C@H]3Nc2nc3n(n2)CCCN3c2ccc(F)c(F)c2)ncn1. The van der Waals surface area contributed by atoms with E-state index in [1.165, 1.54) is 6.07 Å². The highest BCUT2D eigenvalue weighted by molar-refractivity contribution is 5.59. The van der Waals surface area contributed by atoms with Crippen molar-refractivity contribution >= 4 is 23.4 Å². The second kappa shape index (κ2) is 8.37. The number of anilines is 4. The Hall–Kier alpha value is -3.50. The summed E-state index contributed by atoms with van der Waals surface area (Å²) in [6.07, 6.45) is 4.66. The number of hydrogen-bond donors (Lipinski definition) is 1. The summed E-state index contributed by atoms with van der Waals surface area (Å²) in [5.74, 6) is 1.87. The fraction of sp³-hybridized carbons (Fsp3) is 0.478. The number of aromatic nitrogens is 5. The van der Waals surface area contributed by atoms with E-state index >= 15 is 0 Å². The van der Waals surface area contributed by atoms with Crippen molar-refractivity contribution in [3.05, 3.63) is 42.2 Å². The Balaban J connectivity index is 1.20. The van der Waals surface area contributed by atoms with Gasteiger partial charge in [-0.2, -0.15) is 4.98 Å². The number of piperidine rings is 1. The zero-order valence-electron chi connectivity index (χ0n) is 18.9. The van der Waals surface area contributed by atoms with Gasteiger partial charge in [0.05, 0.1) is 7.11 Å². The molecule has 1 saturated heterocycles. The molecule has 3 atom stereocenters. The molecule has 1 aromatic carbocycles. The second-order valence-corrected chi connectivity index (χ2v) is 9.15. The van der Waals surface area contributed by atoms with Crippen molar-refractivity contribution in [1.29, 1.82) is 0 Å². The highest BCUT2D eigenvalue weighted by Crippen LogP contribution is 2.40. The van der Waals surface area contributed by atoms with Crippen LogP contribution in [0.2, 0.25) is 0 Å². The molecule has 2 aliphatic heterocycles. The van der Waals surface area contributed by atoms with E-state index < -0.39 is 11.6 Å². The van der Waals surface area contributed by atoms with Crippen LogP contribution in [0.25, 0.3) is 0 Å². The Bertz CT molecular complexity index is 1190. The Morgan fingerprint density at radius 2 is 1.85 bits per heavy atom. The molecule has 6 rings (SSSR count). The average molecular weight is 469 g/mol. The number of methoxy groups -OCH3 is 1. The molecule has 0 radical (unpaired) electrons. The standard InChI is InChI=1S/C23H26F2N8O/c1-34-20-10-19(26-13-27-20)31-11-14-3-4-15(12-31)21(14)28-22-29-23-32(7-2-8-33(23)30-22)16-5-6-17(24)18(25)9-16/h5-6,9-10,13-15,21H,2-4,7-8,11-12H2,1H3,(H,28,30)/t14-,15+,21+. The molecule has 2 fully saturated rings. The van der Waals surface area contributed by atoms with Crippen LogP contribution < -0.4 is 19.9 Å². The first kappa shape index (κ1) is 21.1. The molecule has 34 heavy (non-hydrogen) atoms. The predicted octanol–water partition coefficient (Wildman–Crippen LogP) is 3.22. The van der Waals surface area contributed by atoms with E-state index in [9.17, 15) is 8.78 Å². The third kappa shape index (κ3) is 3.68. The van der Waals surface area contributed by atoms with Gasteiger partial charge in [-0.25, -0.2) is 23.4 Å². The van der Waals surface area contributed by atoms with Gasteiger partial charge >= 0.3 is 0 Å². The molecule has 0 amide bonds. The summed E-state index contributed by atoms with van der Waals surface area (Å²) in [5, 5.41) is 8.29. The number of aryl methyl sites for hydroxylation is 1. The van der Waals surface area contributed by atoms with Crippen molar-refractivity contribution in [3.8, 4) is 5.88 Å². The first-order valence-corrected chi connectivity index (χ1v) is 11.6. The molecule has 3 aromatic rings. The molecule has 3 aliphatic rings. The molecule has 9 nitrogen and oxygen atoms in total. The zero-order chi connectivity index (χ0) is 23.2. The van der Waals surface area contributed by atoms with Gasteiger partial charge in [0.15, 0.2) is 11.6 Å². The van der Waals surface area contributed by atoms with E-state index in [0.717, 1.165) is 50.8 Å². The van der Waals surface area contributed by atoms with Crippen LogP contribution in [0.4, 0.5) is 32.2 Å². The minimum Gasteiger partial charge on any atom is -0.481 e. The maximum atomic E-state index is 13.8. The number of halogens is 2. The predicted molar refractivity (Wildman–Crippen MR) is 122 cm³/mol. The molecule has 1 aliphatic carbocycles. The Morgan fingerprint density at radius 3 is 2.62 bits per heavy atom. The second-order valence-electron chi connectivity index (χ2n) is 9.15. The molecule has 4 heterocycles. The van der Waals surface area contributed by atoms with E-state index in [4.69, 9.17) is 14.8 Å². The van der Waals surface area contributed by atoms with Crippen molar-refractivity contribution in [3.63, 3.8) is 0 Å². The molecule has 2 aromatic heterocycles. The van der Waals surface area contributed by atoms with E-state index in [1.807, 2.05) is 15.6 Å². The molecule has 1 N–H and O–H groups in total. The lowest BCUT2D eigenvalue weighted by atomic mass is 9.92. The van der Waals surface area contributed by atoms with Gasteiger partial charge in [-0.05, 0) is 43.2 Å². The summed E-state index contributed by atoms with van der Waals surface area (Å²) >= 11 is 0. The lowest BCUT2D eigenvalue weighted by Crippen LogP contribution is -2.48. The largest absolute Gasteiger partial charge is 0.481 e. The molecule has 2 bridgehead atoms. The molecule has 178 valence electrons. The smallest absolute Gasteiger partial charge is 0.244 e. The third-order valence-electron chi connectivity index (χ3n) is 7.15. The first-order valence-electron chi connectivity index (χ1n) is 11.6. The van der Waals surface area contributed by atoms with Gasteiger partial charge < -0.3 is 19.9 Å². The number of rotatable bonds is 5. The summed E-state index contributed by atoms with van der Waals surface area (Å²) in [6.45, 7) is 3.20. The highest BCUT2D eigenvalue weighted by atomic mass is 19.2. The van der Waals surface area contributed by atoms with Gasteiger partial charge in [0.1, 0.15) is 12.1 Å². The van der Waals surface area contributed by atoms with Crippen LogP contribution in [-0.4, -0.2) is 57.5 Å². The fourth-order valence-electron chi connectivity index (χ4n) is 5.53. The van der Waals surface area contributed by atoms with E-state index in [2.05, 4.69) is 20.2 Å². The minimum atomic E-state index is -0.864. The normalized spacial score (nSPS) is 23.7. The lowest BCUT2D eigenvalue weighted by Gasteiger charge is -2.38. The minimum absolute atomic E-state index is 0.279. The van der Waals surface area contributed by atoms with Crippen LogP contribution in [0, 0.1) is 23.5 Å². The molecule has 11 heteroatoms. The zero-order valence-corrected chi connectivity index (χ0v) is 18.9. The average Bonchev–Trinajstić information content (AvgIpc) is 3.36. The van der Waals surface area contributed by atoms with Gasteiger partial charge in [0.25, 0.3) is 0 Å². The Labute approximate surface area is 195 Å². The van der Waals surface area contributed by atoms with Crippen molar-refractivity contribution in [1.82, 2.24) is 24.7 Å². The quantitative estimate of drug-likeness (QED) is 0.611. The number of hydrogen-bond acceptors (Lipinski definition) is 8. The number of fused-ring (bicyclic) bond motifs is 3. The summed E-state index contributed by atoms with van der Waals surface area (Å²) in [5.41, 5.74) is 0.576. The van der Waals surface area contributed by atoms with Crippen LogP contribution in [0.15, 0.2) is 30.6 Å². The Kier molecular flexibility index (Phi) is 5.19. The summed E-state index contributed by atoms with van der Waals surface area (Å²) in [7, 11) is 1.61. The monoisotopic (exact) mass is 468 g/mol. The van der Waals surface area contributed by atoms with E-state index in [-0.39, 0.29) is 6.04 Å². The molecule has 0 unspecified atom stereocenters. The van der Waals surface area contributed by atoms with Crippen LogP contribution in [0.5, 0.6) is 5.88 Å². The molecule has 0 spiro atoms. The highest BCUT2D eigenvalue weighted by Gasteiger charge is 2.43. The number of nitrogens with zero attached hydrogens (tertiary/aromatic N) is 7. The number of nitrogens with one attached hydrogen (secondary N) is 1. The molecule has 1 saturated carbocycles. The third-order valence-corrected chi connectivity index (χ3v) is 7.15. The van der Waals surface area contributed by atoms with Gasteiger partial charge in [-0.1, -0.05) is 0 Å². The van der Waals surface area contributed by atoms with Gasteiger partial charge in [0, 0.05) is 50.0 Å². The van der Waals surface area contributed by atoms with Crippen LogP contribution in [-0.2, 0) is 6.54 Å². The maximum absolute atomic E-state index is 13.8. The topological polar surface area (TPSA) is 84.2 Å². The summed E-state index contributed by atoms with van der Waals surface area (Å²) in [6, 6.07) is 6.10. The molecular weight excluding hydrogens is 442 g/mol. The number of benzene rings is 1. The Morgan fingerprint density at radius 1 is 1.03 bits per heavy atom.